The Bertz CT molecular complexity index is 2470. The summed E-state index contributed by atoms with van der Waals surface area (Å²) < 4.78 is 9.54. The van der Waals surface area contributed by atoms with Gasteiger partial charge in [-0.05, 0) is 66.8 Å². The van der Waals surface area contributed by atoms with Gasteiger partial charge in [0, 0.05) is 17.7 Å². The van der Waals surface area contributed by atoms with E-state index in [1.54, 1.807) is 54.4 Å². The van der Waals surface area contributed by atoms with Crippen LogP contribution in [0.5, 0.6) is 0 Å². The molecule has 2 aromatic heterocycles. The number of aromatic nitrogens is 4. The zero-order valence-electron chi connectivity index (χ0n) is 32.1. The van der Waals surface area contributed by atoms with E-state index in [0.717, 1.165) is 46.3 Å². The number of benzene rings is 4. The maximum Gasteiger partial charge on any atom is 0.407 e. The van der Waals surface area contributed by atoms with E-state index in [4.69, 9.17) is 14.5 Å². The topological polar surface area (TPSA) is 183 Å². The number of hydrogen-bond donors (Lipinski definition) is 5. The lowest BCUT2D eigenvalue weighted by Crippen LogP contribution is -2.42. The molecule has 1 saturated heterocycles. The van der Waals surface area contributed by atoms with Gasteiger partial charge in [-0.25, -0.2) is 19.6 Å². The number of ether oxygens (including phenoxy) is 2. The first-order valence-corrected chi connectivity index (χ1v) is 18.8. The van der Waals surface area contributed by atoms with Crippen molar-refractivity contribution in [3.63, 3.8) is 0 Å². The first-order chi connectivity index (χ1) is 28.2. The highest BCUT2D eigenvalue weighted by Crippen LogP contribution is 2.34. The lowest BCUT2D eigenvalue weighted by Gasteiger charge is -2.28. The third-order valence-electron chi connectivity index (χ3n) is 9.93. The highest BCUT2D eigenvalue weighted by Gasteiger charge is 2.37. The Kier molecular flexibility index (Phi) is 11.8. The minimum Gasteiger partial charge on any atom is -0.453 e. The zero-order chi connectivity index (χ0) is 40.6. The van der Waals surface area contributed by atoms with E-state index < -0.39 is 36.2 Å². The first kappa shape index (κ1) is 38.9. The molecular weight excluding hydrogens is 737 g/mol. The van der Waals surface area contributed by atoms with Crippen LogP contribution in [-0.2, 0) is 19.1 Å². The van der Waals surface area contributed by atoms with Crippen molar-refractivity contribution < 1.29 is 28.7 Å². The van der Waals surface area contributed by atoms with Crippen LogP contribution in [0.3, 0.4) is 0 Å². The maximum absolute atomic E-state index is 13.9. The highest BCUT2D eigenvalue weighted by molar-refractivity contribution is 5.88. The number of imidazole rings is 2. The minimum absolute atomic E-state index is 0.229. The number of rotatable bonds is 10. The van der Waals surface area contributed by atoms with Gasteiger partial charge in [0.25, 0.3) is 5.91 Å². The van der Waals surface area contributed by atoms with Crippen LogP contribution in [0.25, 0.3) is 22.3 Å². The molecule has 294 valence electrons. The third kappa shape index (κ3) is 8.84. The van der Waals surface area contributed by atoms with E-state index >= 15 is 0 Å². The van der Waals surface area contributed by atoms with E-state index in [2.05, 4.69) is 42.7 Å². The largest absolute Gasteiger partial charge is 0.453 e. The standard InChI is InChI=1S/C44H42N8O6/c1-27(46-41(53)37(50-43(55)57-2)31-11-6-4-7-12-31)39-45-26-35(49-39)30-21-18-28(19-22-30)16-17-29-20-23-33-34(25-29)48-40(47-33)36-15-10-24-52(36)42(54)38(51-44(56)58-3)32-13-8-5-9-14-32/h4-9,11-14,18-23,25-27,36-38H,10,15,24H2,1-3H3,(H,45,49)(H,46,53)(H,47,48)(H,50,55)(H,51,56). The van der Waals surface area contributed by atoms with Crippen LogP contribution in [0.15, 0.2) is 109 Å². The van der Waals surface area contributed by atoms with Crippen molar-refractivity contribution in [2.75, 3.05) is 20.8 Å². The molecule has 0 spiro atoms. The Balaban J connectivity index is 1.00. The second-order valence-electron chi connectivity index (χ2n) is 13.7. The molecule has 6 aromatic rings. The predicted molar refractivity (Wildman–Crippen MR) is 216 cm³/mol. The van der Waals surface area contributed by atoms with Crippen molar-refractivity contribution in [3.05, 3.63) is 143 Å². The molecule has 1 fully saturated rings. The molecule has 14 nitrogen and oxygen atoms in total. The molecule has 0 aliphatic carbocycles. The number of likely N-dealkylation sites (tertiary alicyclic amines) is 1. The van der Waals surface area contributed by atoms with Gasteiger partial charge in [-0.1, -0.05) is 84.6 Å². The number of nitrogens with one attached hydrogen (secondary N) is 5. The summed E-state index contributed by atoms with van der Waals surface area (Å²) in [5, 5.41) is 8.21. The van der Waals surface area contributed by atoms with Crippen LogP contribution in [0.2, 0.25) is 0 Å². The van der Waals surface area contributed by atoms with Crippen LogP contribution >= 0.6 is 0 Å². The van der Waals surface area contributed by atoms with Crippen LogP contribution in [0, 0.1) is 11.8 Å². The lowest BCUT2D eigenvalue weighted by atomic mass is 10.1. The lowest BCUT2D eigenvalue weighted by molar-refractivity contribution is -0.134. The predicted octanol–water partition coefficient (Wildman–Crippen LogP) is 6.39. The first-order valence-electron chi connectivity index (χ1n) is 18.8. The summed E-state index contributed by atoms with van der Waals surface area (Å²) in [5.74, 6) is 7.06. The summed E-state index contributed by atoms with van der Waals surface area (Å²) in [5.41, 5.74) is 6.11. The Labute approximate surface area is 334 Å². The van der Waals surface area contributed by atoms with Gasteiger partial charge in [0.15, 0.2) is 0 Å². The van der Waals surface area contributed by atoms with E-state index in [0.29, 0.717) is 29.3 Å². The second kappa shape index (κ2) is 17.6. The molecular formula is C44H42N8O6. The maximum atomic E-state index is 13.9. The van der Waals surface area contributed by atoms with Gasteiger partial charge in [-0.15, -0.1) is 0 Å². The summed E-state index contributed by atoms with van der Waals surface area (Å²) in [6, 6.07) is 28.9. The SMILES string of the molecule is COC(=O)NC(C(=O)NC(C)c1ncc(-c2ccc(C#Cc3ccc4nc(C5CCCN5C(=O)C(NC(=O)OC)c5ccccc5)[nH]c4c3)cc2)[nH]1)c1ccccc1. The monoisotopic (exact) mass is 778 g/mol. The molecule has 4 amide bonds. The minimum atomic E-state index is -0.948. The smallest absolute Gasteiger partial charge is 0.407 e. The number of fused-ring (bicyclic) bond motifs is 1. The fourth-order valence-electron chi connectivity index (χ4n) is 6.92. The fraction of sp³-hybridized carbons (Fsp3) is 0.227. The highest BCUT2D eigenvalue weighted by atomic mass is 16.5. The van der Waals surface area contributed by atoms with Crippen molar-refractivity contribution in [2.24, 2.45) is 0 Å². The van der Waals surface area contributed by atoms with Gasteiger partial charge in [0.05, 0.1) is 49.2 Å². The Morgan fingerprint density at radius 1 is 0.776 bits per heavy atom. The number of carbonyl (C=O) groups is 4. The Hall–Kier alpha value is -7.40. The molecule has 0 radical (unpaired) electrons. The van der Waals surface area contributed by atoms with Crippen molar-refractivity contribution >= 4 is 35.0 Å². The van der Waals surface area contributed by atoms with Gasteiger partial charge < -0.3 is 40.3 Å². The van der Waals surface area contributed by atoms with Crippen LogP contribution < -0.4 is 16.0 Å². The molecule has 5 N–H and O–H groups in total. The van der Waals surface area contributed by atoms with Crippen LogP contribution in [-0.4, -0.2) is 69.6 Å². The molecule has 4 atom stereocenters. The summed E-state index contributed by atoms with van der Waals surface area (Å²) in [4.78, 5) is 69.1. The summed E-state index contributed by atoms with van der Waals surface area (Å²) in [6.45, 7) is 2.34. The Morgan fingerprint density at radius 3 is 2.07 bits per heavy atom. The molecule has 7 rings (SSSR count). The normalized spacial score (nSPS) is 15.0. The van der Waals surface area contributed by atoms with Gasteiger partial charge in [-0.2, -0.15) is 0 Å². The number of aromatic amines is 2. The quantitative estimate of drug-likeness (QED) is 0.0992. The summed E-state index contributed by atoms with van der Waals surface area (Å²) in [7, 11) is 2.52. The molecule has 0 saturated carbocycles. The number of H-pyrrole nitrogens is 2. The average Bonchev–Trinajstić information content (AvgIpc) is 4.05. The molecule has 1 aliphatic heterocycles. The molecule has 3 heterocycles. The van der Waals surface area contributed by atoms with E-state index in [9.17, 15) is 19.2 Å². The number of hydrogen-bond acceptors (Lipinski definition) is 8. The van der Waals surface area contributed by atoms with Crippen LogP contribution in [0.4, 0.5) is 9.59 Å². The van der Waals surface area contributed by atoms with E-state index in [-0.39, 0.29) is 11.9 Å². The summed E-state index contributed by atoms with van der Waals surface area (Å²) in [6.07, 6.45) is 1.84. The van der Waals surface area contributed by atoms with Gasteiger partial charge in [-0.3, -0.25) is 9.59 Å². The van der Waals surface area contributed by atoms with Crippen LogP contribution in [0.1, 0.15) is 77.8 Å². The van der Waals surface area contributed by atoms with Gasteiger partial charge in [0.2, 0.25) is 5.91 Å². The number of methoxy groups -OCH3 is 2. The number of amides is 4. The van der Waals surface area contributed by atoms with E-state index in [1.165, 1.54) is 14.2 Å². The fourth-order valence-corrected chi connectivity index (χ4v) is 6.92. The zero-order valence-corrected chi connectivity index (χ0v) is 32.1. The number of carbonyl (C=O) groups excluding carboxylic acids is 4. The molecule has 1 aliphatic rings. The molecule has 4 aromatic carbocycles. The molecule has 4 unspecified atom stereocenters. The molecule has 14 heteroatoms. The number of nitrogens with zero attached hydrogens (tertiary/aromatic N) is 3. The second-order valence-corrected chi connectivity index (χ2v) is 13.7. The van der Waals surface area contributed by atoms with Crippen molar-refractivity contribution in [1.29, 1.82) is 0 Å². The van der Waals surface area contributed by atoms with E-state index in [1.807, 2.05) is 66.7 Å². The van der Waals surface area contributed by atoms with Crippen molar-refractivity contribution in [1.82, 2.24) is 40.8 Å². The van der Waals surface area contributed by atoms with Crippen molar-refractivity contribution in [3.8, 4) is 23.1 Å². The average molecular weight is 779 g/mol. The van der Waals surface area contributed by atoms with Gasteiger partial charge in [0.1, 0.15) is 23.7 Å². The molecule has 58 heavy (non-hydrogen) atoms. The molecule has 0 bridgehead atoms. The Morgan fingerprint density at radius 2 is 1.40 bits per heavy atom. The van der Waals surface area contributed by atoms with Gasteiger partial charge >= 0.3 is 12.2 Å². The van der Waals surface area contributed by atoms with Crippen molar-refractivity contribution in [2.45, 2.75) is 43.9 Å². The summed E-state index contributed by atoms with van der Waals surface area (Å²) >= 11 is 0. The number of alkyl carbamates (subject to hydrolysis) is 2. The third-order valence-corrected chi connectivity index (χ3v) is 9.93.